The molecule has 0 bridgehead atoms. The van der Waals surface area contributed by atoms with Crippen molar-refractivity contribution in [1.29, 1.82) is 0 Å². The van der Waals surface area contributed by atoms with E-state index in [1.54, 1.807) is 36.4 Å². The van der Waals surface area contributed by atoms with Crippen molar-refractivity contribution in [1.82, 2.24) is 10.0 Å². The molecule has 0 aliphatic carbocycles. The largest absolute Gasteiger partial charge is 0.494 e. The third-order valence-corrected chi connectivity index (χ3v) is 8.77. The summed E-state index contributed by atoms with van der Waals surface area (Å²) in [5, 5.41) is 3.22. The fourth-order valence-electron chi connectivity index (χ4n) is 4.27. The normalized spacial score (nSPS) is 15.0. The predicted octanol–water partition coefficient (Wildman–Crippen LogP) is 6.00. The molecular weight excluding hydrogens is 583 g/mol. The number of hydrogen-bond acceptors (Lipinski definition) is 7. The second-order valence-corrected chi connectivity index (χ2v) is 12.5. The number of hydrogen-bond donors (Lipinski definition) is 2. The molecule has 1 saturated heterocycles. The molecule has 43 heavy (non-hydrogen) atoms. The average molecular weight is 612 g/mol. The van der Waals surface area contributed by atoms with Gasteiger partial charge in [-0.1, -0.05) is 66.2 Å². The van der Waals surface area contributed by atoms with Gasteiger partial charge in [-0.3, -0.25) is 9.59 Å². The molecule has 1 heterocycles. The molecule has 5 rings (SSSR count). The smallest absolute Gasteiger partial charge is 0.264 e. The van der Waals surface area contributed by atoms with Crippen LogP contribution in [0.1, 0.15) is 23.6 Å². The standard InChI is InChI=1S/C33H29N3O5S2/c1-3-41-28-16-12-26(13-17-28)25-10-6-23(7-11-25)20-30-32(38)35-33(42-30)34-27-14-8-24(9-15-27)21-31(37)36-43(39,40)29-18-4-22(2)5-19-29/h4-20H,3,21H2,1-2H3,(H,36,37)(H,34,35,38)/b30-20+. The molecule has 0 saturated carbocycles. The zero-order valence-corrected chi connectivity index (χ0v) is 25.2. The van der Waals surface area contributed by atoms with Crippen molar-refractivity contribution in [3.8, 4) is 16.9 Å². The summed E-state index contributed by atoms with van der Waals surface area (Å²) in [6.45, 7) is 4.43. The number of benzene rings is 4. The Morgan fingerprint density at radius 2 is 1.53 bits per heavy atom. The molecule has 0 atom stereocenters. The Labute approximate surface area is 255 Å². The zero-order valence-electron chi connectivity index (χ0n) is 23.5. The van der Waals surface area contributed by atoms with E-state index in [0.717, 1.165) is 28.0 Å². The van der Waals surface area contributed by atoms with E-state index in [2.05, 4.69) is 15.0 Å². The van der Waals surface area contributed by atoms with Crippen LogP contribution in [0.3, 0.4) is 0 Å². The first-order valence-corrected chi connectivity index (χ1v) is 15.8. The second-order valence-electron chi connectivity index (χ2n) is 9.75. The summed E-state index contributed by atoms with van der Waals surface area (Å²) in [5.41, 5.74) is 5.15. The number of amides is 2. The summed E-state index contributed by atoms with van der Waals surface area (Å²) < 4.78 is 32.5. The maximum atomic E-state index is 12.6. The minimum absolute atomic E-state index is 0.0306. The second kappa shape index (κ2) is 13.1. The Balaban J connectivity index is 1.18. The van der Waals surface area contributed by atoms with Crippen LogP contribution in [0.4, 0.5) is 5.69 Å². The predicted molar refractivity (Wildman–Crippen MR) is 171 cm³/mol. The van der Waals surface area contributed by atoms with Crippen molar-refractivity contribution in [3.63, 3.8) is 0 Å². The maximum Gasteiger partial charge on any atom is 0.264 e. The number of rotatable bonds is 9. The Kier molecular flexibility index (Phi) is 9.08. The molecule has 10 heteroatoms. The van der Waals surface area contributed by atoms with Crippen LogP contribution in [0.5, 0.6) is 5.75 Å². The number of carbonyl (C=O) groups excluding carboxylic acids is 2. The van der Waals surface area contributed by atoms with E-state index in [0.29, 0.717) is 27.9 Å². The van der Waals surface area contributed by atoms with Gasteiger partial charge in [0.05, 0.1) is 28.5 Å². The monoisotopic (exact) mass is 611 g/mol. The molecule has 0 spiro atoms. The highest BCUT2D eigenvalue weighted by Crippen LogP contribution is 2.29. The number of nitrogens with zero attached hydrogens (tertiary/aromatic N) is 1. The molecule has 218 valence electrons. The van der Waals surface area contributed by atoms with E-state index in [1.165, 1.54) is 23.9 Å². The minimum atomic E-state index is -3.95. The number of aryl methyl sites for hydroxylation is 1. The molecule has 4 aromatic carbocycles. The van der Waals surface area contributed by atoms with Gasteiger partial charge in [0.1, 0.15) is 5.75 Å². The molecule has 4 aromatic rings. The van der Waals surface area contributed by atoms with Crippen molar-refractivity contribution in [2.75, 3.05) is 6.61 Å². The van der Waals surface area contributed by atoms with E-state index in [9.17, 15) is 18.0 Å². The molecule has 0 aromatic heterocycles. The third kappa shape index (κ3) is 7.79. The van der Waals surface area contributed by atoms with Crippen LogP contribution in [0.15, 0.2) is 112 Å². The molecule has 1 aliphatic heterocycles. The number of amidine groups is 1. The van der Waals surface area contributed by atoms with Gasteiger partial charge in [-0.2, -0.15) is 0 Å². The lowest BCUT2D eigenvalue weighted by Gasteiger charge is -2.07. The van der Waals surface area contributed by atoms with Gasteiger partial charge in [0.15, 0.2) is 5.17 Å². The van der Waals surface area contributed by atoms with Crippen LogP contribution >= 0.6 is 11.8 Å². The number of ether oxygens (including phenoxy) is 1. The minimum Gasteiger partial charge on any atom is -0.494 e. The van der Waals surface area contributed by atoms with E-state index in [4.69, 9.17) is 4.74 Å². The summed E-state index contributed by atoms with van der Waals surface area (Å²) >= 11 is 1.24. The summed E-state index contributed by atoms with van der Waals surface area (Å²) in [4.78, 5) is 30.0. The summed E-state index contributed by atoms with van der Waals surface area (Å²) in [6, 6.07) is 28.9. The lowest BCUT2D eigenvalue weighted by molar-refractivity contribution is -0.118. The fraction of sp³-hybridized carbons (Fsp3) is 0.121. The topological polar surface area (TPSA) is 114 Å². The van der Waals surface area contributed by atoms with Crippen LogP contribution in [0, 0.1) is 6.92 Å². The van der Waals surface area contributed by atoms with E-state index in [1.807, 2.05) is 68.5 Å². The molecule has 2 N–H and O–H groups in total. The Morgan fingerprint density at radius 3 is 2.16 bits per heavy atom. The highest BCUT2D eigenvalue weighted by Gasteiger charge is 2.24. The first-order chi connectivity index (χ1) is 20.7. The lowest BCUT2D eigenvalue weighted by Crippen LogP contribution is -2.31. The Morgan fingerprint density at radius 1 is 0.907 bits per heavy atom. The van der Waals surface area contributed by atoms with Crippen molar-refractivity contribution in [2.24, 2.45) is 4.99 Å². The van der Waals surface area contributed by atoms with Gasteiger partial charge >= 0.3 is 0 Å². The van der Waals surface area contributed by atoms with Crippen LogP contribution in [0.25, 0.3) is 17.2 Å². The molecule has 0 radical (unpaired) electrons. The van der Waals surface area contributed by atoms with E-state index >= 15 is 0 Å². The fourth-order valence-corrected chi connectivity index (χ4v) is 6.09. The van der Waals surface area contributed by atoms with E-state index in [-0.39, 0.29) is 17.2 Å². The molecule has 1 aliphatic rings. The SMILES string of the molecule is CCOc1ccc(-c2ccc(/C=C3/SC(=Nc4ccc(CC(=O)NS(=O)(=O)c5ccc(C)cc5)cc4)NC3=O)cc2)cc1. The van der Waals surface area contributed by atoms with Gasteiger partial charge < -0.3 is 10.1 Å². The van der Waals surface area contributed by atoms with Gasteiger partial charge in [0, 0.05) is 0 Å². The molecule has 1 fully saturated rings. The van der Waals surface area contributed by atoms with E-state index < -0.39 is 15.9 Å². The van der Waals surface area contributed by atoms with Crippen molar-refractivity contribution < 1.29 is 22.7 Å². The lowest BCUT2D eigenvalue weighted by atomic mass is 10.0. The van der Waals surface area contributed by atoms with Gasteiger partial charge in [-0.15, -0.1) is 0 Å². The Hall–Kier alpha value is -4.67. The van der Waals surface area contributed by atoms with Gasteiger partial charge in [0.2, 0.25) is 5.91 Å². The quantitative estimate of drug-likeness (QED) is 0.225. The maximum absolute atomic E-state index is 12.6. The number of sulfonamides is 1. The van der Waals surface area contributed by atoms with Crippen LogP contribution in [-0.4, -0.2) is 32.0 Å². The molecule has 8 nitrogen and oxygen atoms in total. The molecular formula is C33H29N3O5S2. The van der Waals surface area contributed by atoms with Crippen molar-refractivity contribution in [2.45, 2.75) is 25.2 Å². The Bertz CT molecular complexity index is 1800. The van der Waals surface area contributed by atoms with Crippen LogP contribution in [0.2, 0.25) is 0 Å². The third-order valence-electron chi connectivity index (χ3n) is 6.47. The summed E-state index contributed by atoms with van der Waals surface area (Å²) in [7, 11) is -3.95. The highest BCUT2D eigenvalue weighted by atomic mass is 32.2. The first-order valence-electron chi connectivity index (χ1n) is 13.5. The van der Waals surface area contributed by atoms with Gasteiger partial charge in [0.25, 0.3) is 15.9 Å². The average Bonchev–Trinajstić information content (AvgIpc) is 3.33. The number of aliphatic imine (C=N–C) groups is 1. The summed E-state index contributed by atoms with van der Waals surface area (Å²) in [5.74, 6) is -0.0390. The number of nitrogens with one attached hydrogen (secondary N) is 2. The van der Waals surface area contributed by atoms with Crippen molar-refractivity contribution >= 4 is 50.5 Å². The summed E-state index contributed by atoms with van der Waals surface area (Å²) in [6.07, 6.45) is 1.70. The number of thioether (sulfide) groups is 1. The van der Waals surface area contributed by atoms with Gasteiger partial charge in [-0.05, 0) is 90.3 Å². The molecule has 0 unspecified atom stereocenters. The first kappa shape index (κ1) is 29.8. The van der Waals surface area contributed by atoms with Crippen LogP contribution in [-0.2, 0) is 26.0 Å². The highest BCUT2D eigenvalue weighted by molar-refractivity contribution is 8.18. The zero-order chi connectivity index (χ0) is 30.4. The van der Waals surface area contributed by atoms with Gasteiger partial charge in [-0.25, -0.2) is 18.1 Å². The molecule has 2 amide bonds. The van der Waals surface area contributed by atoms with Crippen molar-refractivity contribution in [3.05, 3.63) is 119 Å². The van der Waals surface area contributed by atoms with Crippen LogP contribution < -0.4 is 14.8 Å². The number of carbonyl (C=O) groups is 2.